The van der Waals surface area contributed by atoms with E-state index in [1.54, 1.807) is 24.5 Å². The standard InChI is InChI=1S/C21H19NO5/c23-17(14-6-8-15(9-7-14)18-5-2-10-25-18)13-22-21(24)16-3-1-4-19-20(16)27-12-11-26-19/h1-10,17,23H,11-13H2,(H,22,24). The molecule has 0 saturated carbocycles. The highest BCUT2D eigenvalue weighted by molar-refractivity contribution is 5.97. The lowest BCUT2D eigenvalue weighted by atomic mass is 10.1. The number of rotatable bonds is 5. The number of nitrogens with one attached hydrogen (secondary N) is 1. The van der Waals surface area contributed by atoms with Crippen molar-refractivity contribution in [3.8, 4) is 22.8 Å². The highest BCUT2D eigenvalue weighted by atomic mass is 16.6. The second-order valence-electron chi connectivity index (χ2n) is 6.15. The van der Waals surface area contributed by atoms with Gasteiger partial charge in [-0.15, -0.1) is 0 Å². The molecule has 1 amide bonds. The van der Waals surface area contributed by atoms with E-state index in [1.807, 2.05) is 36.4 Å². The zero-order valence-corrected chi connectivity index (χ0v) is 14.6. The Labute approximate surface area is 156 Å². The van der Waals surface area contributed by atoms with Crippen molar-refractivity contribution in [3.05, 3.63) is 72.0 Å². The number of amides is 1. The van der Waals surface area contributed by atoms with E-state index in [-0.39, 0.29) is 12.5 Å². The number of carbonyl (C=O) groups is 1. The fraction of sp³-hybridized carbons (Fsp3) is 0.190. The van der Waals surface area contributed by atoms with Gasteiger partial charge in [-0.1, -0.05) is 30.3 Å². The van der Waals surface area contributed by atoms with Crippen molar-refractivity contribution >= 4 is 5.91 Å². The van der Waals surface area contributed by atoms with Crippen molar-refractivity contribution in [3.63, 3.8) is 0 Å². The first-order valence-electron chi connectivity index (χ1n) is 8.71. The zero-order valence-electron chi connectivity index (χ0n) is 14.6. The second-order valence-corrected chi connectivity index (χ2v) is 6.15. The van der Waals surface area contributed by atoms with Crippen molar-refractivity contribution in [1.82, 2.24) is 5.32 Å². The molecule has 27 heavy (non-hydrogen) atoms. The van der Waals surface area contributed by atoms with E-state index in [2.05, 4.69) is 5.32 Å². The van der Waals surface area contributed by atoms with Crippen LogP contribution in [0.5, 0.6) is 11.5 Å². The van der Waals surface area contributed by atoms with Crippen LogP contribution in [0, 0.1) is 0 Å². The van der Waals surface area contributed by atoms with Crippen LogP contribution >= 0.6 is 0 Å². The van der Waals surface area contributed by atoms with Crippen LogP contribution < -0.4 is 14.8 Å². The van der Waals surface area contributed by atoms with E-state index < -0.39 is 6.10 Å². The largest absolute Gasteiger partial charge is 0.486 e. The quantitative estimate of drug-likeness (QED) is 0.726. The van der Waals surface area contributed by atoms with Crippen molar-refractivity contribution in [2.24, 2.45) is 0 Å². The molecule has 1 aromatic heterocycles. The Hall–Kier alpha value is -3.25. The van der Waals surface area contributed by atoms with E-state index in [0.717, 1.165) is 11.3 Å². The van der Waals surface area contributed by atoms with E-state index in [1.165, 1.54) is 0 Å². The van der Waals surface area contributed by atoms with Gasteiger partial charge in [0.2, 0.25) is 0 Å². The molecule has 2 heterocycles. The molecule has 6 nitrogen and oxygen atoms in total. The molecule has 0 radical (unpaired) electrons. The van der Waals surface area contributed by atoms with Gasteiger partial charge < -0.3 is 24.3 Å². The minimum Gasteiger partial charge on any atom is -0.486 e. The van der Waals surface area contributed by atoms with Crippen molar-refractivity contribution in [2.75, 3.05) is 19.8 Å². The van der Waals surface area contributed by atoms with Crippen LogP contribution in [0.15, 0.2) is 65.3 Å². The summed E-state index contributed by atoms with van der Waals surface area (Å²) in [6, 6.07) is 16.3. The first-order valence-corrected chi connectivity index (χ1v) is 8.71. The predicted molar refractivity (Wildman–Crippen MR) is 98.9 cm³/mol. The highest BCUT2D eigenvalue weighted by Crippen LogP contribution is 2.33. The van der Waals surface area contributed by atoms with Gasteiger partial charge in [-0.05, 0) is 29.8 Å². The van der Waals surface area contributed by atoms with Crippen molar-refractivity contribution in [1.29, 1.82) is 0 Å². The van der Waals surface area contributed by atoms with Crippen LogP contribution in [0.2, 0.25) is 0 Å². The van der Waals surface area contributed by atoms with E-state index in [0.29, 0.717) is 35.8 Å². The third kappa shape index (κ3) is 3.66. The van der Waals surface area contributed by atoms with Gasteiger partial charge in [-0.3, -0.25) is 4.79 Å². The average molecular weight is 365 g/mol. The summed E-state index contributed by atoms with van der Waals surface area (Å²) >= 11 is 0. The minimum atomic E-state index is -0.823. The van der Waals surface area contributed by atoms with E-state index >= 15 is 0 Å². The normalized spacial score (nSPS) is 13.8. The molecule has 1 aliphatic heterocycles. The Kier molecular flexibility index (Phi) is 4.80. The first-order chi connectivity index (χ1) is 13.2. The summed E-state index contributed by atoms with van der Waals surface area (Å²) in [4.78, 5) is 12.5. The molecule has 0 fully saturated rings. The number of benzene rings is 2. The summed E-state index contributed by atoms with van der Waals surface area (Å²) in [6.07, 6.45) is 0.793. The molecule has 2 aromatic carbocycles. The number of carbonyl (C=O) groups excluding carboxylic acids is 1. The first kappa shape index (κ1) is 17.2. The Morgan fingerprint density at radius 1 is 1.04 bits per heavy atom. The summed E-state index contributed by atoms with van der Waals surface area (Å²) in [5.41, 5.74) is 2.03. The van der Waals surface area contributed by atoms with Gasteiger partial charge in [-0.25, -0.2) is 0 Å². The molecular formula is C21H19NO5. The molecule has 0 saturated heterocycles. The van der Waals surface area contributed by atoms with Gasteiger partial charge in [0.15, 0.2) is 11.5 Å². The van der Waals surface area contributed by atoms with E-state index in [4.69, 9.17) is 13.9 Å². The maximum atomic E-state index is 12.5. The van der Waals surface area contributed by atoms with Crippen LogP contribution in [0.3, 0.4) is 0 Å². The number of aliphatic hydroxyl groups excluding tert-OH is 1. The molecule has 1 aliphatic rings. The molecule has 1 unspecified atom stereocenters. The topological polar surface area (TPSA) is 80.9 Å². The second kappa shape index (κ2) is 7.55. The number of hydrogen-bond donors (Lipinski definition) is 2. The molecule has 1 atom stereocenters. The Morgan fingerprint density at radius 2 is 1.85 bits per heavy atom. The molecule has 4 rings (SSSR count). The minimum absolute atomic E-state index is 0.0868. The van der Waals surface area contributed by atoms with Gasteiger partial charge in [0, 0.05) is 12.1 Å². The summed E-state index contributed by atoms with van der Waals surface area (Å²) in [5, 5.41) is 13.1. The third-order valence-corrected chi connectivity index (χ3v) is 4.37. The lowest BCUT2D eigenvalue weighted by molar-refractivity contribution is 0.0905. The van der Waals surface area contributed by atoms with Crippen molar-refractivity contribution < 1.29 is 23.8 Å². The lowest BCUT2D eigenvalue weighted by Gasteiger charge is -2.21. The fourth-order valence-electron chi connectivity index (χ4n) is 2.97. The maximum absolute atomic E-state index is 12.5. The van der Waals surface area contributed by atoms with Crippen LogP contribution in [0.4, 0.5) is 0 Å². The molecule has 6 heteroatoms. The van der Waals surface area contributed by atoms with Crippen LogP contribution in [-0.4, -0.2) is 30.8 Å². The summed E-state index contributed by atoms with van der Waals surface area (Å²) < 4.78 is 16.4. The molecule has 0 aliphatic carbocycles. The van der Waals surface area contributed by atoms with Gasteiger partial charge in [0.1, 0.15) is 19.0 Å². The molecule has 138 valence electrons. The number of ether oxygens (including phenoxy) is 2. The summed E-state index contributed by atoms with van der Waals surface area (Å²) in [6.45, 7) is 0.955. The third-order valence-electron chi connectivity index (χ3n) is 4.37. The van der Waals surface area contributed by atoms with Crippen molar-refractivity contribution in [2.45, 2.75) is 6.10 Å². The van der Waals surface area contributed by atoms with E-state index in [9.17, 15) is 9.90 Å². The molecule has 0 spiro atoms. The summed E-state index contributed by atoms with van der Waals surface area (Å²) in [7, 11) is 0. The van der Waals surface area contributed by atoms with Gasteiger partial charge in [-0.2, -0.15) is 0 Å². The highest BCUT2D eigenvalue weighted by Gasteiger charge is 2.21. The fourth-order valence-corrected chi connectivity index (χ4v) is 2.97. The molecule has 3 aromatic rings. The van der Waals surface area contributed by atoms with Crippen LogP contribution in [-0.2, 0) is 0 Å². The Balaban J connectivity index is 1.40. The number of aliphatic hydroxyl groups is 1. The Morgan fingerprint density at radius 3 is 2.63 bits per heavy atom. The number of furan rings is 1. The predicted octanol–water partition coefficient (Wildman–Crippen LogP) is 3.18. The number of para-hydroxylation sites is 1. The average Bonchev–Trinajstić information content (AvgIpc) is 3.26. The molecule has 2 N–H and O–H groups in total. The summed E-state index contributed by atoms with van der Waals surface area (Å²) in [5.74, 6) is 1.45. The SMILES string of the molecule is O=C(NCC(O)c1ccc(-c2ccco2)cc1)c1cccc2c1OCCO2. The molecule has 0 bridgehead atoms. The smallest absolute Gasteiger partial charge is 0.255 e. The maximum Gasteiger partial charge on any atom is 0.255 e. The van der Waals surface area contributed by atoms with Crippen LogP contribution in [0.25, 0.3) is 11.3 Å². The van der Waals surface area contributed by atoms with Gasteiger partial charge >= 0.3 is 0 Å². The van der Waals surface area contributed by atoms with Gasteiger partial charge in [0.25, 0.3) is 5.91 Å². The Bertz CT molecular complexity index is 918. The van der Waals surface area contributed by atoms with Crippen LogP contribution in [0.1, 0.15) is 22.0 Å². The lowest BCUT2D eigenvalue weighted by Crippen LogP contribution is -2.29. The zero-order chi connectivity index (χ0) is 18.6. The number of fused-ring (bicyclic) bond motifs is 1. The van der Waals surface area contributed by atoms with Gasteiger partial charge in [0.05, 0.1) is 17.9 Å². The monoisotopic (exact) mass is 365 g/mol. The molecular weight excluding hydrogens is 346 g/mol. The number of hydrogen-bond acceptors (Lipinski definition) is 5.